The topological polar surface area (TPSA) is 49.6 Å². The fraction of sp³-hybridized carbons (Fsp3) is 0.533. The zero-order valence-corrected chi connectivity index (χ0v) is 14.0. The normalized spacial score (nSPS) is 16.3. The van der Waals surface area contributed by atoms with E-state index in [1.807, 2.05) is 17.9 Å². The van der Waals surface area contributed by atoms with Gasteiger partial charge in [-0.2, -0.15) is 0 Å². The van der Waals surface area contributed by atoms with Crippen molar-refractivity contribution in [3.8, 4) is 0 Å². The first kappa shape index (κ1) is 20.0. The largest absolute Gasteiger partial charge is 0.370 e. The fourth-order valence-corrected chi connectivity index (χ4v) is 2.47. The first-order valence-corrected chi connectivity index (χ1v) is 7.00. The summed E-state index contributed by atoms with van der Waals surface area (Å²) in [7, 11) is 0. The molecule has 1 heterocycles. The molecule has 1 aliphatic rings. The van der Waals surface area contributed by atoms with Crippen molar-refractivity contribution >= 4 is 36.4 Å². The summed E-state index contributed by atoms with van der Waals surface area (Å²) >= 11 is 0. The molecule has 1 fully saturated rings. The number of carbonyl (C=O) groups is 1. The van der Waals surface area contributed by atoms with Gasteiger partial charge < -0.3 is 15.5 Å². The Bertz CT molecular complexity index is 415. The van der Waals surface area contributed by atoms with Crippen LogP contribution in [-0.4, -0.2) is 43.0 Å². The zero-order valence-electron chi connectivity index (χ0n) is 12.4. The Hall–Kier alpha value is -0.970. The van der Waals surface area contributed by atoms with Gasteiger partial charge in [-0.25, -0.2) is 0 Å². The number of benzene rings is 1. The minimum absolute atomic E-state index is 0. The molecule has 0 aromatic heterocycles. The van der Waals surface area contributed by atoms with Crippen molar-refractivity contribution in [2.45, 2.75) is 25.8 Å². The fourth-order valence-electron chi connectivity index (χ4n) is 2.47. The van der Waals surface area contributed by atoms with Gasteiger partial charge in [0, 0.05) is 44.3 Å². The van der Waals surface area contributed by atoms with Crippen molar-refractivity contribution in [2.24, 2.45) is 5.73 Å². The van der Waals surface area contributed by atoms with Gasteiger partial charge in [-0.3, -0.25) is 4.79 Å². The Balaban J connectivity index is 0.00000200. The molecule has 1 aromatic carbocycles. The number of halogens is 2. The minimum Gasteiger partial charge on any atom is -0.370 e. The highest BCUT2D eigenvalue weighted by atomic mass is 35.5. The third kappa shape index (κ3) is 6.12. The zero-order chi connectivity index (χ0) is 13.7. The molecular formula is C15H25Cl2N3O. The van der Waals surface area contributed by atoms with E-state index in [0.717, 1.165) is 32.6 Å². The summed E-state index contributed by atoms with van der Waals surface area (Å²) in [6, 6.07) is 10.3. The number of carbonyl (C=O) groups excluding carboxylic acids is 1. The van der Waals surface area contributed by atoms with Crippen molar-refractivity contribution in [1.29, 1.82) is 0 Å². The molecule has 1 unspecified atom stereocenters. The smallest absolute Gasteiger partial charge is 0.224 e. The number of nitrogens with two attached hydrogens (primary N) is 1. The van der Waals surface area contributed by atoms with Crippen LogP contribution >= 0.6 is 24.8 Å². The quantitative estimate of drug-likeness (QED) is 0.923. The Labute approximate surface area is 139 Å². The second-order valence-electron chi connectivity index (χ2n) is 5.24. The van der Waals surface area contributed by atoms with Gasteiger partial charge in [0.05, 0.1) is 0 Å². The monoisotopic (exact) mass is 333 g/mol. The van der Waals surface area contributed by atoms with Gasteiger partial charge in [-0.15, -0.1) is 24.8 Å². The van der Waals surface area contributed by atoms with Crippen LogP contribution in [0.3, 0.4) is 0 Å². The summed E-state index contributed by atoms with van der Waals surface area (Å²) in [6.07, 6.45) is 1.46. The Morgan fingerprint density at radius 3 is 2.43 bits per heavy atom. The van der Waals surface area contributed by atoms with Gasteiger partial charge in [0.2, 0.25) is 5.91 Å². The van der Waals surface area contributed by atoms with Gasteiger partial charge in [-0.1, -0.05) is 18.2 Å². The molecule has 4 nitrogen and oxygen atoms in total. The van der Waals surface area contributed by atoms with Crippen LogP contribution in [0.1, 0.15) is 19.8 Å². The Kier molecular flexibility index (Phi) is 9.42. The molecule has 0 aliphatic carbocycles. The predicted molar refractivity (Wildman–Crippen MR) is 92.6 cm³/mol. The van der Waals surface area contributed by atoms with Gasteiger partial charge in [0.25, 0.3) is 0 Å². The van der Waals surface area contributed by atoms with Crippen molar-refractivity contribution < 1.29 is 4.79 Å². The lowest BCUT2D eigenvalue weighted by molar-refractivity contribution is -0.131. The highest BCUT2D eigenvalue weighted by molar-refractivity contribution is 5.85. The number of amides is 1. The summed E-state index contributed by atoms with van der Waals surface area (Å²) in [5.41, 5.74) is 6.94. The molecule has 0 spiro atoms. The molecule has 0 saturated carbocycles. The average molecular weight is 334 g/mol. The van der Waals surface area contributed by atoms with Crippen LogP contribution in [0.5, 0.6) is 0 Å². The second kappa shape index (κ2) is 9.87. The average Bonchev–Trinajstić information content (AvgIpc) is 2.64. The summed E-state index contributed by atoms with van der Waals surface area (Å²) in [5.74, 6) is 0.185. The molecule has 2 rings (SSSR count). The lowest BCUT2D eigenvalue weighted by atomic mass is 10.2. The van der Waals surface area contributed by atoms with E-state index in [-0.39, 0.29) is 36.8 Å². The highest BCUT2D eigenvalue weighted by Gasteiger charge is 2.19. The van der Waals surface area contributed by atoms with Crippen LogP contribution in [0.15, 0.2) is 30.3 Å². The summed E-state index contributed by atoms with van der Waals surface area (Å²) in [5, 5.41) is 0. The SMILES string of the molecule is CC(N)CC(=O)N1CCCN(c2ccccc2)CC1.Cl.Cl. The minimum atomic E-state index is -0.0546. The van der Waals surface area contributed by atoms with Crippen LogP contribution in [-0.2, 0) is 4.79 Å². The molecule has 1 atom stereocenters. The number of nitrogens with zero attached hydrogens (tertiary/aromatic N) is 2. The van der Waals surface area contributed by atoms with E-state index in [4.69, 9.17) is 5.73 Å². The van der Waals surface area contributed by atoms with E-state index in [1.54, 1.807) is 0 Å². The maximum absolute atomic E-state index is 12.0. The first-order chi connectivity index (χ1) is 9.16. The second-order valence-corrected chi connectivity index (χ2v) is 5.24. The maximum Gasteiger partial charge on any atom is 0.224 e. The standard InChI is InChI=1S/C15H23N3O.2ClH/c1-13(16)12-15(19)18-9-5-8-17(10-11-18)14-6-3-2-4-7-14;;/h2-4,6-7,13H,5,8-12,16H2,1H3;2*1H. The van der Waals surface area contributed by atoms with Crippen LogP contribution in [0.25, 0.3) is 0 Å². The molecule has 2 N–H and O–H groups in total. The number of para-hydroxylation sites is 1. The molecular weight excluding hydrogens is 309 g/mol. The number of hydrogen-bond acceptors (Lipinski definition) is 3. The first-order valence-electron chi connectivity index (χ1n) is 7.00. The lowest BCUT2D eigenvalue weighted by Crippen LogP contribution is -2.37. The summed E-state index contributed by atoms with van der Waals surface area (Å²) < 4.78 is 0. The van der Waals surface area contributed by atoms with Crippen molar-refractivity contribution in [3.63, 3.8) is 0 Å². The van der Waals surface area contributed by atoms with E-state index >= 15 is 0 Å². The summed E-state index contributed by atoms with van der Waals surface area (Å²) in [6.45, 7) is 5.42. The van der Waals surface area contributed by atoms with Crippen molar-refractivity contribution in [1.82, 2.24) is 4.90 Å². The number of rotatable bonds is 3. The van der Waals surface area contributed by atoms with E-state index in [9.17, 15) is 4.79 Å². The van der Waals surface area contributed by atoms with E-state index in [0.29, 0.717) is 6.42 Å². The van der Waals surface area contributed by atoms with Gasteiger partial charge in [0.1, 0.15) is 0 Å². The molecule has 0 bridgehead atoms. The van der Waals surface area contributed by atoms with Crippen LogP contribution < -0.4 is 10.6 Å². The van der Waals surface area contributed by atoms with Gasteiger partial charge in [0.15, 0.2) is 0 Å². The van der Waals surface area contributed by atoms with Crippen LogP contribution in [0, 0.1) is 0 Å². The molecule has 1 aromatic rings. The number of anilines is 1. The highest BCUT2D eigenvalue weighted by Crippen LogP contribution is 2.16. The lowest BCUT2D eigenvalue weighted by Gasteiger charge is -2.24. The maximum atomic E-state index is 12.0. The van der Waals surface area contributed by atoms with Gasteiger partial charge in [-0.05, 0) is 25.5 Å². The van der Waals surface area contributed by atoms with Crippen molar-refractivity contribution in [3.05, 3.63) is 30.3 Å². The Morgan fingerprint density at radius 2 is 1.81 bits per heavy atom. The van der Waals surface area contributed by atoms with E-state index < -0.39 is 0 Å². The third-order valence-corrected chi connectivity index (χ3v) is 3.47. The molecule has 1 aliphatic heterocycles. The molecule has 1 amide bonds. The molecule has 6 heteroatoms. The van der Waals surface area contributed by atoms with Crippen LogP contribution in [0.4, 0.5) is 5.69 Å². The summed E-state index contributed by atoms with van der Waals surface area (Å²) in [4.78, 5) is 16.3. The van der Waals surface area contributed by atoms with Crippen LogP contribution in [0.2, 0.25) is 0 Å². The third-order valence-electron chi connectivity index (χ3n) is 3.47. The van der Waals surface area contributed by atoms with Crippen molar-refractivity contribution in [2.75, 3.05) is 31.1 Å². The van der Waals surface area contributed by atoms with E-state index in [2.05, 4.69) is 29.2 Å². The Morgan fingerprint density at radius 1 is 1.14 bits per heavy atom. The van der Waals surface area contributed by atoms with Gasteiger partial charge >= 0.3 is 0 Å². The predicted octanol–water partition coefficient (Wildman–Crippen LogP) is 2.31. The molecule has 21 heavy (non-hydrogen) atoms. The van der Waals surface area contributed by atoms with E-state index in [1.165, 1.54) is 5.69 Å². The molecule has 1 saturated heterocycles. The molecule has 0 radical (unpaired) electrons. The number of hydrogen-bond donors (Lipinski definition) is 1. The molecule has 120 valence electrons.